The van der Waals surface area contributed by atoms with Gasteiger partial charge in [-0.15, -0.1) is 0 Å². The fraction of sp³-hybridized carbons (Fsp3) is 0.0833. The first kappa shape index (κ1) is 10.3. The second-order valence-corrected chi connectivity index (χ2v) is 3.29. The normalized spacial score (nSPS) is 10.1. The van der Waals surface area contributed by atoms with Crippen LogP contribution < -0.4 is 4.74 Å². The van der Waals surface area contributed by atoms with Gasteiger partial charge in [-0.3, -0.25) is 0 Å². The number of nitrogens with zero attached hydrogens (tertiary/aromatic N) is 1. The van der Waals surface area contributed by atoms with E-state index in [4.69, 9.17) is 9.84 Å². The van der Waals surface area contributed by atoms with E-state index in [0.717, 1.165) is 5.69 Å². The van der Waals surface area contributed by atoms with Crippen molar-refractivity contribution in [1.29, 1.82) is 0 Å². The molecule has 0 spiro atoms. The Balaban J connectivity index is 2.48. The van der Waals surface area contributed by atoms with Gasteiger partial charge < -0.3 is 14.4 Å². The molecule has 1 N–H and O–H groups in total. The summed E-state index contributed by atoms with van der Waals surface area (Å²) in [4.78, 5) is 10.9. The zero-order valence-corrected chi connectivity index (χ0v) is 8.75. The van der Waals surface area contributed by atoms with Gasteiger partial charge in [0.25, 0.3) is 0 Å². The average molecular weight is 217 g/mol. The first-order chi connectivity index (χ1) is 7.72. The quantitative estimate of drug-likeness (QED) is 0.857. The average Bonchev–Trinajstić information content (AvgIpc) is 2.74. The minimum Gasteiger partial charge on any atom is -0.494 e. The van der Waals surface area contributed by atoms with Crippen LogP contribution in [0, 0.1) is 0 Å². The number of ether oxygens (including phenoxy) is 1. The highest BCUT2D eigenvalue weighted by Crippen LogP contribution is 2.22. The number of rotatable bonds is 3. The van der Waals surface area contributed by atoms with Crippen LogP contribution in [-0.4, -0.2) is 22.8 Å². The predicted molar refractivity (Wildman–Crippen MR) is 59.3 cm³/mol. The van der Waals surface area contributed by atoms with E-state index in [0.29, 0.717) is 5.75 Å². The van der Waals surface area contributed by atoms with Crippen molar-refractivity contribution in [3.05, 3.63) is 48.3 Å². The maximum atomic E-state index is 10.9. The van der Waals surface area contributed by atoms with E-state index in [1.807, 2.05) is 30.3 Å². The molecule has 0 unspecified atom stereocenters. The van der Waals surface area contributed by atoms with Gasteiger partial charge in [-0.25, -0.2) is 4.79 Å². The lowest BCUT2D eigenvalue weighted by atomic mass is 10.3. The number of aromatic nitrogens is 1. The van der Waals surface area contributed by atoms with Crippen molar-refractivity contribution < 1.29 is 14.6 Å². The van der Waals surface area contributed by atoms with E-state index in [-0.39, 0.29) is 5.56 Å². The van der Waals surface area contributed by atoms with Gasteiger partial charge in [-0.1, -0.05) is 18.2 Å². The summed E-state index contributed by atoms with van der Waals surface area (Å²) >= 11 is 0. The largest absolute Gasteiger partial charge is 0.494 e. The van der Waals surface area contributed by atoms with Crippen molar-refractivity contribution in [3.8, 4) is 11.4 Å². The van der Waals surface area contributed by atoms with Crippen LogP contribution in [0.3, 0.4) is 0 Å². The molecule has 16 heavy (non-hydrogen) atoms. The topological polar surface area (TPSA) is 51.5 Å². The maximum absolute atomic E-state index is 10.9. The fourth-order valence-electron chi connectivity index (χ4n) is 1.51. The Morgan fingerprint density at radius 2 is 1.94 bits per heavy atom. The van der Waals surface area contributed by atoms with E-state index in [1.165, 1.54) is 13.3 Å². The fourth-order valence-corrected chi connectivity index (χ4v) is 1.51. The summed E-state index contributed by atoms with van der Waals surface area (Å²) in [6.45, 7) is 0. The molecular formula is C12H11NO3. The van der Waals surface area contributed by atoms with Gasteiger partial charge in [0.05, 0.1) is 13.3 Å². The molecule has 82 valence electrons. The number of aromatic carboxylic acids is 1. The van der Waals surface area contributed by atoms with Crippen molar-refractivity contribution in [1.82, 2.24) is 4.57 Å². The Hall–Kier alpha value is -2.23. The number of benzene rings is 1. The summed E-state index contributed by atoms with van der Waals surface area (Å²) in [7, 11) is 1.46. The summed E-state index contributed by atoms with van der Waals surface area (Å²) in [6.07, 6.45) is 3.19. The van der Waals surface area contributed by atoms with Gasteiger partial charge >= 0.3 is 5.97 Å². The Morgan fingerprint density at radius 1 is 1.25 bits per heavy atom. The number of para-hydroxylation sites is 1. The van der Waals surface area contributed by atoms with Gasteiger partial charge in [-0.05, 0) is 12.1 Å². The minimum absolute atomic E-state index is 0.159. The molecule has 2 rings (SSSR count). The first-order valence-electron chi connectivity index (χ1n) is 4.77. The van der Waals surface area contributed by atoms with Crippen LogP contribution in [0.4, 0.5) is 0 Å². The second kappa shape index (κ2) is 4.10. The van der Waals surface area contributed by atoms with Crippen molar-refractivity contribution in [2.45, 2.75) is 0 Å². The van der Waals surface area contributed by atoms with Gasteiger partial charge in [-0.2, -0.15) is 0 Å². The third-order valence-electron chi connectivity index (χ3n) is 2.29. The van der Waals surface area contributed by atoms with Crippen LogP contribution in [-0.2, 0) is 0 Å². The Morgan fingerprint density at radius 3 is 2.44 bits per heavy atom. The smallest absolute Gasteiger partial charge is 0.341 e. The summed E-state index contributed by atoms with van der Waals surface area (Å²) in [5.74, 6) is -0.636. The zero-order chi connectivity index (χ0) is 11.5. The Kier molecular flexibility index (Phi) is 2.64. The van der Waals surface area contributed by atoms with E-state index >= 15 is 0 Å². The van der Waals surface area contributed by atoms with E-state index in [9.17, 15) is 4.79 Å². The molecule has 0 saturated carbocycles. The molecule has 0 bridgehead atoms. The van der Waals surface area contributed by atoms with Crippen LogP contribution in [0.15, 0.2) is 42.7 Å². The molecule has 0 aliphatic rings. The van der Waals surface area contributed by atoms with Crippen molar-refractivity contribution in [2.75, 3.05) is 7.11 Å². The maximum Gasteiger partial charge on any atom is 0.341 e. The van der Waals surface area contributed by atoms with Gasteiger partial charge in [0.2, 0.25) is 0 Å². The first-order valence-corrected chi connectivity index (χ1v) is 4.77. The molecule has 0 atom stereocenters. The van der Waals surface area contributed by atoms with Crippen LogP contribution in [0.5, 0.6) is 5.75 Å². The second-order valence-electron chi connectivity index (χ2n) is 3.29. The number of hydrogen-bond donors (Lipinski definition) is 1. The molecule has 0 fully saturated rings. The molecule has 0 aliphatic heterocycles. The molecule has 1 aromatic carbocycles. The van der Waals surface area contributed by atoms with Gasteiger partial charge in [0.15, 0.2) is 5.75 Å². The van der Waals surface area contributed by atoms with Crippen molar-refractivity contribution in [3.63, 3.8) is 0 Å². The highest BCUT2D eigenvalue weighted by molar-refractivity contribution is 5.90. The van der Waals surface area contributed by atoms with E-state index < -0.39 is 5.97 Å². The summed E-state index contributed by atoms with van der Waals surface area (Å²) in [5.41, 5.74) is 1.06. The van der Waals surface area contributed by atoms with Crippen molar-refractivity contribution in [2.24, 2.45) is 0 Å². The van der Waals surface area contributed by atoms with Gasteiger partial charge in [0.1, 0.15) is 5.56 Å². The molecule has 2 aromatic rings. The SMILES string of the molecule is COc1cn(-c2ccccc2)cc1C(=O)O. The van der Waals surface area contributed by atoms with Crippen LogP contribution in [0.1, 0.15) is 10.4 Å². The summed E-state index contributed by atoms with van der Waals surface area (Å²) < 4.78 is 6.73. The number of hydrogen-bond acceptors (Lipinski definition) is 2. The zero-order valence-electron chi connectivity index (χ0n) is 8.75. The summed E-state index contributed by atoms with van der Waals surface area (Å²) in [5, 5.41) is 8.96. The van der Waals surface area contributed by atoms with Crippen LogP contribution in [0.2, 0.25) is 0 Å². The summed E-state index contributed by atoms with van der Waals surface area (Å²) in [6, 6.07) is 9.48. The van der Waals surface area contributed by atoms with Crippen molar-refractivity contribution >= 4 is 5.97 Å². The van der Waals surface area contributed by atoms with Crippen LogP contribution >= 0.6 is 0 Å². The lowest BCUT2D eigenvalue weighted by molar-refractivity contribution is 0.0693. The van der Waals surface area contributed by atoms with Gasteiger partial charge in [0, 0.05) is 11.9 Å². The molecule has 1 aromatic heterocycles. The molecular weight excluding hydrogens is 206 g/mol. The Labute approximate surface area is 92.7 Å². The third-order valence-corrected chi connectivity index (χ3v) is 2.29. The molecule has 0 radical (unpaired) electrons. The van der Waals surface area contributed by atoms with E-state index in [1.54, 1.807) is 10.8 Å². The lowest BCUT2D eigenvalue weighted by Crippen LogP contribution is -1.96. The Bertz CT molecular complexity index is 502. The number of carboxylic acids is 1. The molecule has 0 amide bonds. The standard InChI is InChI=1S/C12H11NO3/c1-16-11-8-13(7-10(11)12(14)15)9-5-3-2-4-6-9/h2-8H,1H3,(H,14,15). The molecule has 4 nitrogen and oxygen atoms in total. The minimum atomic E-state index is -0.994. The number of methoxy groups -OCH3 is 1. The highest BCUT2D eigenvalue weighted by atomic mass is 16.5. The molecule has 1 heterocycles. The van der Waals surface area contributed by atoms with E-state index in [2.05, 4.69) is 0 Å². The predicted octanol–water partition coefficient (Wildman–Crippen LogP) is 2.18. The number of carboxylic acid groups (broad SMARTS) is 1. The molecule has 4 heteroatoms. The highest BCUT2D eigenvalue weighted by Gasteiger charge is 2.14. The number of carbonyl (C=O) groups is 1. The third kappa shape index (κ3) is 1.77. The monoisotopic (exact) mass is 217 g/mol. The molecule has 0 aliphatic carbocycles. The lowest BCUT2D eigenvalue weighted by Gasteiger charge is -2.00. The van der Waals surface area contributed by atoms with Crippen LogP contribution in [0.25, 0.3) is 5.69 Å². The molecule has 0 saturated heterocycles.